The molecule has 0 saturated carbocycles. The number of anilines is 1. The number of cyclic esters (lactones) is 1. The Labute approximate surface area is 175 Å². The molecular weight excluding hydrogens is 427 g/mol. The Morgan fingerprint density at radius 3 is 2.57 bits per heavy atom. The number of carbonyl (C=O) groups excluding carboxylic acids is 3. The topological polar surface area (TPSA) is 75.7 Å². The number of halogens is 3. The monoisotopic (exact) mass is 438 g/mol. The molecule has 144 valence electrons. The smallest absolute Gasteiger partial charge is 0.340 e. The van der Waals surface area contributed by atoms with E-state index >= 15 is 0 Å². The van der Waals surface area contributed by atoms with Crippen LogP contribution in [0, 0.1) is 0 Å². The molecule has 1 saturated heterocycles. The molecule has 2 aliphatic rings. The summed E-state index contributed by atoms with van der Waals surface area (Å²) in [6.07, 6.45) is -0.470. The van der Waals surface area contributed by atoms with Gasteiger partial charge >= 0.3 is 5.97 Å². The number of esters is 1. The molecule has 0 radical (unpaired) electrons. The average Bonchev–Trinajstić information content (AvgIpc) is 3.20. The number of fused-ring (bicyclic) bond motifs is 1. The molecule has 0 spiro atoms. The van der Waals surface area contributed by atoms with Crippen molar-refractivity contribution in [3.05, 3.63) is 62.6 Å². The van der Waals surface area contributed by atoms with Crippen molar-refractivity contribution >= 4 is 58.3 Å². The van der Waals surface area contributed by atoms with Gasteiger partial charge in [0, 0.05) is 12.0 Å². The van der Waals surface area contributed by atoms with Gasteiger partial charge in [0.25, 0.3) is 0 Å². The predicted molar refractivity (Wildman–Crippen MR) is 105 cm³/mol. The molecule has 4 rings (SSSR count). The Bertz CT molecular complexity index is 1010. The molecular formula is C19H13Cl3N2O4. The Kier molecular flexibility index (Phi) is 4.95. The summed E-state index contributed by atoms with van der Waals surface area (Å²) in [7, 11) is 0. The quantitative estimate of drug-likeness (QED) is 0.566. The van der Waals surface area contributed by atoms with Gasteiger partial charge in [-0.3, -0.25) is 14.5 Å². The lowest BCUT2D eigenvalue weighted by molar-refractivity contribution is -0.144. The minimum atomic E-state index is -0.932. The maximum Gasteiger partial charge on any atom is 0.340 e. The van der Waals surface area contributed by atoms with Gasteiger partial charge in [-0.05, 0) is 24.6 Å². The van der Waals surface area contributed by atoms with E-state index in [0.717, 1.165) is 0 Å². The van der Waals surface area contributed by atoms with Crippen LogP contribution in [-0.4, -0.2) is 28.7 Å². The summed E-state index contributed by atoms with van der Waals surface area (Å²) < 4.78 is 5.40. The maximum atomic E-state index is 12.9. The summed E-state index contributed by atoms with van der Waals surface area (Å²) >= 11 is 18.0. The van der Waals surface area contributed by atoms with E-state index in [1.165, 1.54) is 17.0 Å². The van der Waals surface area contributed by atoms with Crippen molar-refractivity contribution in [3.63, 3.8) is 0 Å². The number of benzene rings is 2. The summed E-state index contributed by atoms with van der Waals surface area (Å²) in [6.45, 7) is 0. The normalized spacial score (nSPS) is 20.9. The van der Waals surface area contributed by atoms with Crippen LogP contribution in [-0.2, 0) is 14.3 Å². The minimum absolute atomic E-state index is 0.170. The maximum absolute atomic E-state index is 12.9. The summed E-state index contributed by atoms with van der Waals surface area (Å²) in [5.74, 6) is -1.24. The number of rotatable bonds is 3. The zero-order valence-electron chi connectivity index (χ0n) is 14.2. The fourth-order valence-corrected chi connectivity index (χ4v) is 4.02. The highest BCUT2D eigenvalue weighted by molar-refractivity contribution is 6.44. The minimum Gasteiger partial charge on any atom is -0.433 e. The van der Waals surface area contributed by atoms with Gasteiger partial charge in [0.05, 0.1) is 26.3 Å². The molecule has 0 aromatic heterocycles. The second kappa shape index (κ2) is 7.28. The number of carbonyl (C=O) groups is 3. The highest BCUT2D eigenvalue weighted by Gasteiger charge is 2.46. The molecule has 28 heavy (non-hydrogen) atoms. The Morgan fingerprint density at radius 1 is 1.07 bits per heavy atom. The second-order valence-corrected chi connectivity index (χ2v) is 7.66. The van der Waals surface area contributed by atoms with E-state index in [9.17, 15) is 14.4 Å². The van der Waals surface area contributed by atoms with Crippen molar-refractivity contribution in [2.24, 2.45) is 0 Å². The fraction of sp³-hybridized carbons (Fsp3) is 0.211. The van der Waals surface area contributed by atoms with Gasteiger partial charge in [0.2, 0.25) is 18.0 Å². The van der Waals surface area contributed by atoms with Crippen LogP contribution in [0.3, 0.4) is 0 Å². The largest absolute Gasteiger partial charge is 0.433 e. The number of hydrogen-bond acceptors (Lipinski definition) is 4. The number of likely N-dealkylation sites (tertiary alicyclic amines) is 1. The van der Waals surface area contributed by atoms with Crippen LogP contribution in [0.5, 0.6) is 0 Å². The fourth-order valence-electron chi connectivity index (χ4n) is 3.42. The van der Waals surface area contributed by atoms with Crippen molar-refractivity contribution in [1.82, 2.24) is 4.90 Å². The Morgan fingerprint density at radius 2 is 1.79 bits per heavy atom. The lowest BCUT2D eigenvalue weighted by Gasteiger charge is -2.29. The third-order valence-corrected chi connectivity index (χ3v) is 5.78. The molecule has 2 heterocycles. The molecule has 6 nitrogen and oxygen atoms in total. The number of nitrogens with one attached hydrogen (secondary N) is 1. The first kappa shape index (κ1) is 19.1. The van der Waals surface area contributed by atoms with Crippen molar-refractivity contribution in [2.45, 2.75) is 25.1 Å². The average molecular weight is 440 g/mol. The van der Waals surface area contributed by atoms with Gasteiger partial charge in [-0.25, -0.2) is 4.79 Å². The molecule has 2 aliphatic heterocycles. The number of ether oxygens (including phenoxy) is 1. The Hall–Kier alpha value is -2.28. The van der Waals surface area contributed by atoms with Crippen LogP contribution < -0.4 is 5.32 Å². The number of nitrogens with zero attached hydrogens (tertiary/aromatic N) is 1. The van der Waals surface area contributed by atoms with Crippen LogP contribution in [0.25, 0.3) is 0 Å². The number of hydrogen-bond donors (Lipinski definition) is 1. The molecule has 2 amide bonds. The van der Waals surface area contributed by atoms with Gasteiger partial charge in [-0.2, -0.15) is 0 Å². The van der Waals surface area contributed by atoms with Gasteiger partial charge in [-0.1, -0.05) is 53.0 Å². The second-order valence-electron chi connectivity index (χ2n) is 6.44. The number of amides is 2. The summed E-state index contributed by atoms with van der Waals surface area (Å²) in [5, 5.41) is 3.40. The lowest BCUT2D eigenvalue weighted by atomic mass is 10.1. The molecule has 2 aromatic carbocycles. The van der Waals surface area contributed by atoms with Crippen molar-refractivity contribution in [2.75, 3.05) is 5.32 Å². The SMILES string of the molecule is O=C1O[C@@H](N2C(=O)CC[C@H]2C(=O)Nc2cc(Cl)c(Cl)cc2Cl)c2ccccc21. The van der Waals surface area contributed by atoms with Crippen LogP contribution in [0.4, 0.5) is 5.69 Å². The standard InChI is InChI=1S/C19H13Cl3N2O4/c20-11-7-13(22)14(8-12(11)21)23-17(26)15-5-6-16(25)24(15)18-9-3-1-2-4-10(9)19(27)28-18/h1-4,7-8,15,18H,5-6H2,(H,23,26)/t15-,18+/m0/s1. The first-order valence-corrected chi connectivity index (χ1v) is 9.56. The van der Waals surface area contributed by atoms with Crippen LogP contribution in [0.2, 0.25) is 15.1 Å². The first-order chi connectivity index (χ1) is 13.4. The predicted octanol–water partition coefficient (Wildman–Crippen LogP) is 4.45. The molecule has 1 N–H and O–H groups in total. The van der Waals surface area contributed by atoms with E-state index in [1.54, 1.807) is 24.3 Å². The molecule has 9 heteroatoms. The molecule has 2 aromatic rings. The van der Waals surface area contributed by atoms with Crippen molar-refractivity contribution in [1.29, 1.82) is 0 Å². The van der Waals surface area contributed by atoms with Crippen LogP contribution in [0.15, 0.2) is 36.4 Å². The first-order valence-electron chi connectivity index (χ1n) is 8.43. The van der Waals surface area contributed by atoms with Gasteiger partial charge in [-0.15, -0.1) is 0 Å². The van der Waals surface area contributed by atoms with Crippen molar-refractivity contribution in [3.8, 4) is 0 Å². The van der Waals surface area contributed by atoms with Gasteiger partial charge < -0.3 is 10.1 Å². The zero-order chi connectivity index (χ0) is 20.0. The molecule has 0 bridgehead atoms. The molecule has 0 aliphatic carbocycles. The van der Waals surface area contributed by atoms with Gasteiger partial charge in [0.15, 0.2) is 0 Å². The van der Waals surface area contributed by atoms with E-state index in [4.69, 9.17) is 39.5 Å². The third-order valence-electron chi connectivity index (χ3n) is 4.74. The van der Waals surface area contributed by atoms with E-state index < -0.39 is 24.1 Å². The summed E-state index contributed by atoms with van der Waals surface area (Å²) in [6, 6.07) is 8.85. The lowest BCUT2D eigenvalue weighted by Crippen LogP contribution is -2.43. The summed E-state index contributed by atoms with van der Waals surface area (Å²) in [5.41, 5.74) is 1.23. The van der Waals surface area contributed by atoms with E-state index in [2.05, 4.69) is 5.32 Å². The highest BCUT2D eigenvalue weighted by atomic mass is 35.5. The zero-order valence-corrected chi connectivity index (χ0v) is 16.5. The van der Waals surface area contributed by atoms with Crippen molar-refractivity contribution < 1.29 is 19.1 Å². The van der Waals surface area contributed by atoms with Crippen LogP contribution in [0.1, 0.15) is 35.0 Å². The van der Waals surface area contributed by atoms with Crippen LogP contribution >= 0.6 is 34.8 Å². The Balaban J connectivity index is 1.61. The molecule has 2 atom stereocenters. The molecule has 1 fully saturated rings. The summed E-state index contributed by atoms with van der Waals surface area (Å²) in [4.78, 5) is 38.8. The van der Waals surface area contributed by atoms with E-state index in [-0.39, 0.29) is 33.1 Å². The van der Waals surface area contributed by atoms with Gasteiger partial charge in [0.1, 0.15) is 6.04 Å². The van der Waals surface area contributed by atoms with E-state index in [0.29, 0.717) is 17.5 Å². The molecule has 0 unspecified atom stereocenters. The highest BCUT2D eigenvalue weighted by Crippen LogP contribution is 2.39. The third kappa shape index (κ3) is 3.21. The van der Waals surface area contributed by atoms with E-state index in [1.807, 2.05) is 0 Å².